The standard InChI is InChI=1S/C12H19N3O3S/c1-9-10(4-6-18-9)7-15-19(16,17)12-8-14-5-3-11(12)13-2/h3,5,8-10,15H,4,6-7H2,1-2H3,(H,13,14). The largest absolute Gasteiger partial charge is 0.387 e. The van der Waals surface area contributed by atoms with Gasteiger partial charge in [0.15, 0.2) is 0 Å². The van der Waals surface area contributed by atoms with Crippen molar-refractivity contribution in [3.05, 3.63) is 18.5 Å². The third-order valence-electron chi connectivity index (χ3n) is 3.41. The van der Waals surface area contributed by atoms with Crippen molar-refractivity contribution in [1.29, 1.82) is 0 Å². The quantitative estimate of drug-likeness (QED) is 0.837. The number of hydrogen-bond acceptors (Lipinski definition) is 5. The van der Waals surface area contributed by atoms with Gasteiger partial charge >= 0.3 is 0 Å². The van der Waals surface area contributed by atoms with Crippen molar-refractivity contribution in [3.8, 4) is 0 Å². The summed E-state index contributed by atoms with van der Waals surface area (Å²) >= 11 is 0. The first-order valence-corrected chi connectivity index (χ1v) is 7.76. The first kappa shape index (κ1) is 14.2. The molecule has 1 aromatic heterocycles. The van der Waals surface area contributed by atoms with E-state index >= 15 is 0 Å². The molecule has 6 nitrogen and oxygen atoms in total. The third kappa shape index (κ3) is 3.23. The number of nitrogens with one attached hydrogen (secondary N) is 2. The first-order chi connectivity index (χ1) is 9.04. The van der Waals surface area contributed by atoms with Gasteiger partial charge in [-0.15, -0.1) is 0 Å². The van der Waals surface area contributed by atoms with Crippen LogP contribution in [0.15, 0.2) is 23.4 Å². The Balaban J connectivity index is 2.09. The zero-order valence-electron chi connectivity index (χ0n) is 11.1. The molecule has 0 amide bonds. The molecule has 2 N–H and O–H groups in total. The van der Waals surface area contributed by atoms with Crippen molar-refractivity contribution in [2.75, 3.05) is 25.5 Å². The topological polar surface area (TPSA) is 80.3 Å². The molecule has 1 saturated heterocycles. The molecule has 1 fully saturated rings. The Labute approximate surface area is 113 Å². The minimum atomic E-state index is -3.54. The van der Waals surface area contributed by atoms with Gasteiger partial charge in [0.05, 0.1) is 11.8 Å². The van der Waals surface area contributed by atoms with Gasteiger partial charge in [-0.2, -0.15) is 0 Å². The molecule has 1 aliphatic heterocycles. The van der Waals surface area contributed by atoms with Gasteiger partial charge < -0.3 is 10.1 Å². The van der Waals surface area contributed by atoms with Crippen LogP contribution in [-0.4, -0.2) is 39.7 Å². The minimum absolute atomic E-state index is 0.0976. The Morgan fingerprint density at radius 1 is 1.53 bits per heavy atom. The van der Waals surface area contributed by atoms with Gasteiger partial charge in [-0.3, -0.25) is 4.98 Å². The van der Waals surface area contributed by atoms with Crippen molar-refractivity contribution in [3.63, 3.8) is 0 Å². The summed E-state index contributed by atoms with van der Waals surface area (Å²) in [6.07, 6.45) is 3.89. The van der Waals surface area contributed by atoms with Gasteiger partial charge in [0.1, 0.15) is 4.90 Å². The van der Waals surface area contributed by atoms with Crippen LogP contribution in [0.2, 0.25) is 0 Å². The van der Waals surface area contributed by atoms with Gasteiger partial charge in [-0.25, -0.2) is 13.1 Å². The lowest BCUT2D eigenvalue weighted by atomic mass is 10.0. The maximum atomic E-state index is 12.2. The van der Waals surface area contributed by atoms with Crippen LogP contribution in [0.5, 0.6) is 0 Å². The Morgan fingerprint density at radius 3 is 2.95 bits per heavy atom. The maximum absolute atomic E-state index is 12.2. The third-order valence-corrected chi connectivity index (χ3v) is 4.86. The molecule has 2 unspecified atom stereocenters. The molecule has 19 heavy (non-hydrogen) atoms. The fourth-order valence-corrected chi connectivity index (χ4v) is 3.39. The molecular weight excluding hydrogens is 266 g/mol. The van der Waals surface area contributed by atoms with Gasteiger partial charge in [-0.1, -0.05) is 0 Å². The zero-order valence-corrected chi connectivity index (χ0v) is 11.9. The second-order valence-electron chi connectivity index (χ2n) is 4.60. The summed E-state index contributed by atoms with van der Waals surface area (Å²) in [6, 6.07) is 1.63. The summed E-state index contributed by atoms with van der Waals surface area (Å²) in [7, 11) is -1.86. The van der Waals surface area contributed by atoms with Crippen LogP contribution in [0, 0.1) is 5.92 Å². The number of aromatic nitrogens is 1. The summed E-state index contributed by atoms with van der Waals surface area (Å²) in [6.45, 7) is 3.05. The van der Waals surface area contributed by atoms with E-state index in [-0.39, 0.29) is 16.9 Å². The Kier molecular flexibility index (Phi) is 4.38. The lowest BCUT2D eigenvalue weighted by Gasteiger charge is -2.16. The molecular formula is C12H19N3O3S. The predicted octanol–water partition coefficient (Wildman–Crippen LogP) is 0.827. The average molecular weight is 285 g/mol. The molecule has 1 aromatic rings. The summed E-state index contributed by atoms with van der Waals surface area (Å²) in [4.78, 5) is 4.04. The van der Waals surface area contributed by atoms with E-state index in [2.05, 4.69) is 15.0 Å². The number of nitrogens with zero attached hydrogens (tertiary/aromatic N) is 1. The highest BCUT2D eigenvalue weighted by Gasteiger charge is 2.27. The summed E-state index contributed by atoms with van der Waals surface area (Å²) in [5, 5.41) is 2.85. The van der Waals surface area contributed by atoms with E-state index in [0.717, 1.165) is 6.42 Å². The van der Waals surface area contributed by atoms with E-state index in [9.17, 15) is 8.42 Å². The summed E-state index contributed by atoms with van der Waals surface area (Å²) in [5.74, 6) is 0.226. The van der Waals surface area contributed by atoms with Crippen LogP contribution in [0.1, 0.15) is 13.3 Å². The number of pyridine rings is 1. The van der Waals surface area contributed by atoms with Crippen LogP contribution in [0.25, 0.3) is 0 Å². The molecule has 7 heteroatoms. The van der Waals surface area contributed by atoms with E-state index in [1.165, 1.54) is 6.20 Å². The summed E-state index contributed by atoms with van der Waals surface area (Å²) < 4.78 is 32.5. The average Bonchev–Trinajstić information content (AvgIpc) is 2.82. The molecule has 2 heterocycles. The maximum Gasteiger partial charge on any atom is 0.244 e. The molecule has 0 aromatic carbocycles. The highest BCUT2D eigenvalue weighted by molar-refractivity contribution is 7.89. The van der Waals surface area contributed by atoms with Crippen molar-refractivity contribution >= 4 is 15.7 Å². The van der Waals surface area contributed by atoms with Crippen molar-refractivity contribution in [1.82, 2.24) is 9.71 Å². The van der Waals surface area contributed by atoms with Gasteiger partial charge in [0.25, 0.3) is 0 Å². The highest BCUT2D eigenvalue weighted by atomic mass is 32.2. The van der Waals surface area contributed by atoms with E-state index in [1.807, 2.05) is 6.92 Å². The van der Waals surface area contributed by atoms with Crippen LogP contribution in [0.3, 0.4) is 0 Å². The normalized spacial score (nSPS) is 23.5. The van der Waals surface area contributed by atoms with Crippen LogP contribution < -0.4 is 10.0 Å². The number of hydrogen-bond donors (Lipinski definition) is 2. The highest BCUT2D eigenvalue weighted by Crippen LogP contribution is 2.22. The lowest BCUT2D eigenvalue weighted by Crippen LogP contribution is -2.32. The van der Waals surface area contributed by atoms with Crippen molar-refractivity contribution in [2.24, 2.45) is 5.92 Å². The fraction of sp³-hybridized carbons (Fsp3) is 0.583. The van der Waals surface area contributed by atoms with Crippen LogP contribution in [-0.2, 0) is 14.8 Å². The zero-order chi connectivity index (χ0) is 13.9. The molecule has 2 atom stereocenters. The van der Waals surface area contributed by atoms with Gasteiger partial charge in [-0.05, 0) is 19.4 Å². The molecule has 0 aliphatic carbocycles. The van der Waals surface area contributed by atoms with Gasteiger partial charge in [0.2, 0.25) is 10.0 Å². The summed E-state index contributed by atoms with van der Waals surface area (Å²) in [5.41, 5.74) is 0.540. The second kappa shape index (κ2) is 5.85. The molecule has 106 valence electrons. The number of rotatable bonds is 5. The van der Waals surface area contributed by atoms with Crippen molar-refractivity contribution < 1.29 is 13.2 Å². The van der Waals surface area contributed by atoms with Crippen LogP contribution in [0.4, 0.5) is 5.69 Å². The Bertz CT molecular complexity index is 533. The van der Waals surface area contributed by atoms with Crippen molar-refractivity contribution in [2.45, 2.75) is 24.3 Å². The number of anilines is 1. The first-order valence-electron chi connectivity index (χ1n) is 6.27. The Morgan fingerprint density at radius 2 is 2.32 bits per heavy atom. The lowest BCUT2D eigenvalue weighted by molar-refractivity contribution is 0.107. The Hall–Kier alpha value is -1.18. The number of ether oxygens (including phenoxy) is 1. The molecule has 0 spiro atoms. The van der Waals surface area contributed by atoms with Gasteiger partial charge in [0, 0.05) is 38.5 Å². The molecule has 2 rings (SSSR count). The van der Waals surface area contributed by atoms with Crippen LogP contribution >= 0.6 is 0 Å². The monoisotopic (exact) mass is 285 g/mol. The minimum Gasteiger partial charge on any atom is -0.387 e. The van der Waals surface area contributed by atoms with E-state index in [0.29, 0.717) is 18.8 Å². The molecule has 0 radical (unpaired) electrons. The van der Waals surface area contributed by atoms with E-state index in [1.54, 1.807) is 19.3 Å². The SMILES string of the molecule is CNc1ccncc1S(=O)(=O)NCC1CCOC1C. The fourth-order valence-electron chi connectivity index (χ4n) is 2.14. The number of sulfonamides is 1. The van der Waals surface area contributed by atoms with E-state index < -0.39 is 10.0 Å². The molecule has 0 saturated carbocycles. The smallest absolute Gasteiger partial charge is 0.244 e. The second-order valence-corrected chi connectivity index (χ2v) is 6.33. The molecule has 1 aliphatic rings. The van der Waals surface area contributed by atoms with E-state index in [4.69, 9.17) is 4.74 Å². The molecule has 0 bridgehead atoms. The predicted molar refractivity (Wildman–Crippen MR) is 72.5 cm³/mol.